The maximum Gasteiger partial charge on any atom is 0.309 e. The molecule has 0 fully saturated rings. The first kappa shape index (κ1) is 18.9. The van der Waals surface area contributed by atoms with Crippen molar-refractivity contribution >= 4 is 11.9 Å². The third-order valence-corrected chi connectivity index (χ3v) is 2.93. The van der Waals surface area contributed by atoms with E-state index in [4.69, 9.17) is 19.3 Å². The topological polar surface area (TPSA) is 82.1 Å². The molecular formula is C14H26O6. The monoisotopic (exact) mass is 290 g/mol. The number of carbonyl (C=O) groups excluding carboxylic acids is 1. The van der Waals surface area contributed by atoms with Gasteiger partial charge in [0.1, 0.15) is 6.61 Å². The van der Waals surface area contributed by atoms with Gasteiger partial charge in [-0.05, 0) is 19.8 Å². The number of carboxylic acid groups (broad SMARTS) is 1. The van der Waals surface area contributed by atoms with Gasteiger partial charge < -0.3 is 19.3 Å². The van der Waals surface area contributed by atoms with E-state index >= 15 is 0 Å². The third-order valence-electron chi connectivity index (χ3n) is 2.93. The lowest BCUT2D eigenvalue weighted by atomic mass is 9.94. The van der Waals surface area contributed by atoms with Crippen molar-refractivity contribution in [3.05, 3.63) is 0 Å². The molecule has 0 aromatic heterocycles. The van der Waals surface area contributed by atoms with Crippen LogP contribution < -0.4 is 0 Å². The Kier molecular flexibility index (Phi) is 11.0. The van der Waals surface area contributed by atoms with Gasteiger partial charge in [-0.2, -0.15) is 0 Å². The number of hydrogen-bond acceptors (Lipinski definition) is 5. The Bertz CT molecular complexity index is 279. The molecule has 6 nitrogen and oxygen atoms in total. The summed E-state index contributed by atoms with van der Waals surface area (Å²) < 4.78 is 15.4. The Morgan fingerprint density at radius 1 is 1.05 bits per heavy atom. The average molecular weight is 290 g/mol. The largest absolute Gasteiger partial charge is 0.481 e. The fourth-order valence-corrected chi connectivity index (χ4v) is 1.64. The molecule has 0 heterocycles. The molecule has 0 spiro atoms. The van der Waals surface area contributed by atoms with Gasteiger partial charge in [0.2, 0.25) is 0 Å². The van der Waals surface area contributed by atoms with Crippen LogP contribution in [0, 0.1) is 11.8 Å². The zero-order chi connectivity index (χ0) is 15.4. The SMILES string of the molecule is CCOCCOCCOC(=O)C(CC)CC(C)C(=O)O. The Hall–Kier alpha value is -1.14. The molecule has 1 N–H and O–H groups in total. The van der Waals surface area contributed by atoms with Crippen LogP contribution in [0.15, 0.2) is 0 Å². The molecule has 0 saturated carbocycles. The van der Waals surface area contributed by atoms with Crippen molar-refractivity contribution in [3.63, 3.8) is 0 Å². The lowest BCUT2D eigenvalue weighted by Crippen LogP contribution is -2.24. The highest BCUT2D eigenvalue weighted by molar-refractivity contribution is 5.74. The highest BCUT2D eigenvalue weighted by Crippen LogP contribution is 2.17. The van der Waals surface area contributed by atoms with Gasteiger partial charge in [0.25, 0.3) is 0 Å². The van der Waals surface area contributed by atoms with Crippen molar-refractivity contribution in [2.24, 2.45) is 11.8 Å². The summed E-state index contributed by atoms with van der Waals surface area (Å²) in [6, 6.07) is 0. The summed E-state index contributed by atoms with van der Waals surface area (Å²) in [5, 5.41) is 8.84. The second kappa shape index (κ2) is 11.7. The van der Waals surface area contributed by atoms with Gasteiger partial charge in [-0.25, -0.2) is 0 Å². The molecule has 0 rings (SSSR count). The summed E-state index contributed by atoms with van der Waals surface area (Å²) in [5.41, 5.74) is 0. The summed E-state index contributed by atoms with van der Waals surface area (Å²) in [6.07, 6.45) is 0.873. The number of aliphatic carboxylic acids is 1. The quantitative estimate of drug-likeness (QED) is 0.435. The number of carbonyl (C=O) groups is 2. The molecule has 0 aromatic carbocycles. The molecule has 0 aromatic rings. The first-order valence-electron chi connectivity index (χ1n) is 7.07. The van der Waals surface area contributed by atoms with Crippen molar-refractivity contribution in [1.82, 2.24) is 0 Å². The van der Waals surface area contributed by atoms with E-state index in [1.807, 2.05) is 13.8 Å². The standard InChI is InChI=1S/C14H26O6/c1-4-12(10-11(3)13(15)16)14(17)20-9-8-19-7-6-18-5-2/h11-12H,4-10H2,1-3H3,(H,15,16). The summed E-state index contributed by atoms with van der Waals surface area (Å²) in [5.74, 6) is -2.16. The average Bonchev–Trinajstić information content (AvgIpc) is 2.43. The zero-order valence-electron chi connectivity index (χ0n) is 12.6. The first-order chi connectivity index (χ1) is 9.52. The molecule has 0 aliphatic heterocycles. The molecule has 2 unspecified atom stereocenters. The molecule has 118 valence electrons. The van der Waals surface area contributed by atoms with Crippen LogP contribution in [0.5, 0.6) is 0 Å². The van der Waals surface area contributed by atoms with E-state index in [0.29, 0.717) is 39.3 Å². The van der Waals surface area contributed by atoms with Gasteiger partial charge in [-0.1, -0.05) is 13.8 Å². The van der Waals surface area contributed by atoms with Crippen LogP contribution in [0.2, 0.25) is 0 Å². The molecule has 2 atom stereocenters. The molecule has 6 heteroatoms. The molecule has 0 aliphatic carbocycles. The van der Waals surface area contributed by atoms with Gasteiger partial charge in [-0.15, -0.1) is 0 Å². The van der Waals surface area contributed by atoms with Crippen LogP contribution in [0.3, 0.4) is 0 Å². The predicted molar refractivity (Wildman–Crippen MR) is 73.5 cm³/mol. The predicted octanol–water partition coefficient (Wildman–Crippen LogP) is 1.72. The fourth-order valence-electron chi connectivity index (χ4n) is 1.64. The van der Waals surface area contributed by atoms with Crippen LogP contribution in [-0.2, 0) is 23.8 Å². The first-order valence-corrected chi connectivity index (χ1v) is 7.07. The summed E-state index contributed by atoms with van der Waals surface area (Å²) in [6.45, 7) is 7.50. The van der Waals surface area contributed by atoms with Crippen LogP contribution in [0.4, 0.5) is 0 Å². The minimum Gasteiger partial charge on any atom is -0.481 e. The Morgan fingerprint density at radius 2 is 1.65 bits per heavy atom. The van der Waals surface area contributed by atoms with E-state index in [1.54, 1.807) is 6.92 Å². The number of hydrogen-bond donors (Lipinski definition) is 1. The van der Waals surface area contributed by atoms with Crippen molar-refractivity contribution in [3.8, 4) is 0 Å². The smallest absolute Gasteiger partial charge is 0.309 e. The summed E-state index contributed by atoms with van der Waals surface area (Å²) in [7, 11) is 0. The second-order valence-corrected chi connectivity index (χ2v) is 4.56. The summed E-state index contributed by atoms with van der Waals surface area (Å²) in [4.78, 5) is 22.5. The maximum absolute atomic E-state index is 11.8. The van der Waals surface area contributed by atoms with E-state index in [9.17, 15) is 9.59 Å². The van der Waals surface area contributed by atoms with Gasteiger partial charge in [0, 0.05) is 6.61 Å². The number of rotatable bonds is 12. The second-order valence-electron chi connectivity index (χ2n) is 4.56. The molecule has 0 amide bonds. The van der Waals surface area contributed by atoms with E-state index in [-0.39, 0.29) is 18.5 Å². The lowest BCUT2D eigenvalue weighted by Gasteiger charge is -2.16. The molecule has 0 aliphatic rings. The summed E-state index contributed by atoms with van der Waals surface area (Å²) >= 11 is 0. The zero-order valence-corrected chi connectivity index (χ0v) is 12.6. The lowest BCUT2D eigenvalue weighted by molar-refractivity contribution is -0.152. The van der Waals surface area contributed by atoms with Crippen LogP contribution in [0.1, 0.15) is 33.6 Å². The van der Waals surface area contributed by atoms with Crippen molar-refractivity contribution < 1.29 is 28.9 Å². The molecule has 0 saturated heterocycles. The minimum atomic E-state index is -0.893. The fraction of sp³-hybridized carbons (Fsp3) is 0.857. The van der Waals surface area contributed by atoms with Gasteiger partial charge in [-0.3, -0.25) is 9.59 Å². The Balaban J connectivity index is 3.79. The number of carboxylic acids is 1. The van der Waals surface area contributed by atoms with Crippen LogP contribution >= 0.6 is 0 Å². The van der Waals surface area contributed by atoms with Gasteiger partial charge in [0.15, 0.2) is 0 Å². The van der Waals surface area contributed by atoms with Crippen molar-refractivity contribution in [2.45, 2.75) is 33.6 Å². The van der Waals surface area contributed by atoms with Crippen molar-refractivity contribution in [1.29, 1.82) is 0 Å². The normalized spacial score (nSPS) is 13.8. The van der Waals surface area contributed by atoms with E-state index < -0.39 is 11.9 Å². The van der Waals surface area contributed by atoms with Crippen molar-refractivity contribution in [2.75, 3.05) is 33.0 Å². The van der Waals surface area contributed by atoms with Crippen LogP contribution in [0.25, 0.3) is 0 Å². The maximum atomic E-state index is 11.8. The molecule has 0 radical (unpaired) electrons. The van der Waals surface area contributed by atoms with Crippen LogP contribution in [-0.4, -0.2) is 50.1 Å². The molecular weight excluding hydrogens is 264 g/mol. The third kappa shape index (κ3) is 8.87. The highest BCUT2D eigenvalue weighted by Gasteiger charge is 2.23. The number of esters is 1. The van der Waals surface area contributed by atoms with E-state index in [1.165, 1.54) is 0 Å². The minimum absolute atomic E-state index is 0.183. The Labute approximate surface area is 120 Å². The van der Waals surface area contributed by atoms with E-state index in [0.717, 1.165) is 0 Å². The number of ether oxygens (including phenoxy) is 3. The Morgan fingerprint density at radius 3 is 2.20 bits per heavy atom. The van der Waals surface area contributed by atoms with Gasteiger partial charge in [0.05, 0.1) is 31.7 Å². The molecule has 20 heavy (non-hydrogen) atoms. The highest BCUT2D eigenvalue weighted by atomic mass is 16.6. The van der Waals surface area contributed by atoms with E-state index in [2.05, 4.69) is 0 Å². The van der Waals surface area contributed by atoms with Gasteiger partial charge >= 0.3 is 11.9 Å². The molecule has 0 bridgehead atoms.